The highest BCUT2D eigenvalue weighted by atomic mass is 16.4. The Labute approximate surface area is 129 Å². The molecule has 0 saturated heterocycles. The Morgan fingerprint density at radius 3 is 2.18 bits per heavy atom. The molecule has 0 bridgehead atoms. The van der Waals surface area contributed by atoms with Crippen molar-refractivity contribution in [1.29, 1.82) is 0 Å². The van der Waals surface area contributed by atoms with Crippen LogP contribution in [0.4, 0.5) is 5.69 Å². The van der Waals surface area contributed by atoms with Crippen molar-refractivity contribution >= 4 is 23.4 Å². The predicted octanol–water partition coefficient (Wildman–Crippen LogP) is 2.28. The molecule has 0 radical (unpaired) electrons. The largest absolute Gasteiger partial charge is 0.481 e. The molecule has 0 amide bonds. The van der Waals surface area contributed by atoms with Crippen LogP contribution in [0.5, 0.6) is 0 Å². The van der Waals surface area contributed by atoms with E-state index in [4.69, 9.17) is 10.2 Å². The van der Waals surface area contributed by atoms with Crippen molar-refractivity contribution in [3.63, 3.8) is 0 Å². The van der Waals surface area contributed by atoms with Crippen LogP contribution in [0, 0.1) is 5.92 Å². The first kappa shape index (κ1) is 17.7. The monoisotopic (exact) mass is 307 g/mol. The topological polar surface area (TPSA) is 94.9 Å². The molecule has 0 fully saturated rings. The fourth-order valence-corrected chi connectivity index (χ4v) is 2.06. The van der Waals surface area contributed by atoms with Gasteiger partial charge in [0.15, 0.2) is 5.78 Å². The molecule has 0 heterocycles. The van der Waals surface area contributed by atoms with Gasteiger partial charge in [-0.1, -0.05) is 6.92 Å². The summed E-state index contributed by atoms with van der Waals surface area (Å²) in [4.78, 5) is 34.8. The second-order valence-electron chi connectivity index (χ2n) is 5.29. The molecule has 1 aromatic rings. The molecule has 1 unspecified atom stereocenters. The number of carbonyl (C=O) groups excluding carboxylic acids is 1. The second kappa shape index (κ2) is 8.17. The Balaban J connectivity index is 2.84. The van der Waals surface area contributed by atoms with Gasteiger partial charge in [-0.2, -0.15) is 0 Å². The van der Waals surface area contributed by atoms with E-state index < -0.39 is 17.9 Å². The van der Waals surface area contributed by atoms with Gasteiger partial charge in [-0.05, 0) is 37.6 Å². The van der Waals surface area contributed by atoms with Crippen LogP contribution < -0.4 is 4.90 Å². The molecule has 6 heteroatoms. The van der Waals surface area contributed by atoms with Crippen LogP contribution in [0.2, 0.25) is 0 Å². The lowest BCUT2D eigenvalue weighted by molar-refractivity contribution is -0.141. The van der Waals surface area contributed by atoms with Gasteiger partial charge in [0.1, 0.15) is 0 Å². The molecular weight excluding hydrogens is 286 g/mol. The zero-order valence-electron chi connectivity index (χ0n) is 12.8. The molecule has 0 aliphatic carbocycles. The molecule has 1 aromatic carbocycles. The predicted molar refractivity (Wildman–Crippen MR) is 82.3 cm³/mol. The van der Waals surface area contributed by atoms with E-state index in [9.17, 15) is 14.4 Å². The van der Waals surface area contributed by atoms with Gasteiger partial charge in [0.05, 0.1) is 5.92 Å². The van der Waals surface area contributed by atoms with Crippen LogP contribution in [0.15, 0.2) is 24.3 Å². The van der Waals surface area contributed by atoms with Gasteiger partial charge in [0, 0.05) is 30.8 Å². The Kier molecular flexibility index (Phi) is 6.56. The number of rotatable bonds is 9. The van der Waals surface area contributed by atoms with Crippen LogP contribution >= 0.6 is 0 Å². The molecule has 0 saturated carbocycles. The summed E-state index contributed by atoms with van der Waals surface area (Å²) in [5, 5.41) is 17.8. The van der Waals surface area contributed by atoms with Gasteiger partial charge >= 0.3 is 11.9 Å². The van der Waals surface area contributed by atoms with Crippen LogP contribution in [0.1, 0.15) is 37.0 Å². The van der Waals surface area contributed by atoms with E-state index in [0.29, 0.717) is 18.5 Å². The van der Waals surface area contributed by atoms with E-state index in [2.05, 4.69) is 0 Å². The molecule has 22 heavy (non-hydrogen) atoms. The average Bonchev–Trinajstić information content (AvgIpc) is 2.45. The first-order valence-corrected chi connectivity index (χ1v) is 7.11. The van der Waals surface area contributed by atoms with Gasteiger partial charge < -0.3 is 15.1 Å². The summed E-state index contributed by atoms with van der Waals surface area (Å²) in [5.41, 5.74) is 1.36. The number of carboxylic acid groups (broad SMARTS) is 2. The highest BCUT2D eigenvalue weighted by Crippen LogP contribution is 2.18. The Morgan fingerprint density at radius 1 is 1.14 bits per heavy atom. The van der Waals surface area contributed by atoms with E-state index in [1.807, 2.05) is 4.90 Å². The van der Waals surface area contributed by atoms with E-state index in [1.54, 1.807) is 31.2 Å². The van der Waals surface area contributed by atoms with Crippen LogP contribution in [-0.4, -0.2) is 41.0 Å². The fraction of sp³-hybridized carbons (Fsp3) is 0.438. The van der Waals surface area contributed by atoms with Crippen LogP contribution in [-0.2, 0) is 9.59 Å². The number of ketones is 1. The molecule has 0 aromatic heterocycles. The third kappa shape index (κ3) is 5.55. The number of nitrogens with zero attached hydrogens (tertiary/aromatic N) is 1. The lowest BCUT2D eigenvalue weighted by Gasteiger charge is -2.26. The van der Waals surface area contributed by atoms with E-state index >= 15 is 0 Å². The minimum atomic E-state index is -0.899. The molecule has 1 atom stereocenters. The fourth-order valence-electron chi connectivity index (χ4n) is 2.06. The van der Waals surface area contributed by atoms with Gasteiger partial charge in [0.2, 0.25) is 0 Å². The van der Waals surface area contributed by atoms with Crippen molar-refractivity contribution in [3.8, 4) is 0 Å². The first-order valence-electron chi connectivity index (χ1n) is 7.11. The molecular formula is C16H21NO5. The lowest BCUT2D eigenvalue weighted by Crippen LogP contribution is -2.33. The summed E-state index contributed by atoms with van der Waals surface area (Å²) in [7, 11) is 0. The maximum Gasteiger partial charge on any atom is 0.308 e. The number of carbonyl (C=O) groups is 3. The second-order valence-corrected chi connectivity index (χ2v) is 5.29. The number of hydrogen-bond acceptors (Lipinski definition) is 4. The number of carboxylic acids is 2. The third-order valence-electron chi connectivity index (χ3n) is 3.37. The first-order chi connectivity index (χ1) is 10.3. The smallest absolute Gasteiger partial charge is 0.308 e. The molecule has 2 N–H and O–H groups in total. The Morgan fingerprint density at radius 2 is 1.73 bits per heavy atom. The minimum absolute atomic E-state index is 0.0312. The van der Waals surface area contributed by atoms with Crippen LogP contribution in [0.25, 0.3) is 0 Å². The summed E-state index contributed by atoms with van der Waals surface area (Å²) < 4.78 is 0. The van der Waals surface area contributed by atoms with Gasteiger partial charge in [-0.3, -0.25) is 14.4 Å². The molecule has 0 aliphatic rings. The highest BCUT2D eigenvalue weighted by Gasteiger charge is 2.17. The zero-order valence-corrected chi connectivity index (χ0v) is 12.8. The van der Waals surface area contributed by atoms with Crippen molar-refractivity contribution < 1.29 is 24.6 Å². The number of aliphatic carboxylic acids is 2. The average molecular weight is 307 g/mol. The van der Waals surface area contributed by atoms with Crippen molar-refractivity contribution in [2.75, 3.05) is 18.0 Å². The number of anilines is 1. The van der Waals surface area contributed by atoms with Crippen LogP contribution in [0.3, 0.4) is 0 Å². The number of benzene rings is 1. The molecule has 120 valence electrons. The third-order valence-corrected chi connectivity index (χ3v) is 3.37. The molecule has 0 aliphatic heterocycles. The zero-order chi connectivity index (χ0) is 16.7. The minimum Gasteiger partial charge on any atom is -0.481 e. The highest BCUT2D eigenvalue weighted by molar-refractivity contribution is 5.94. The maximum atomic E-state index is 11.3. The molecule has 1 rings (SSSR count). The molecule has 0 spiro atoms. The standard InChI is InChI=1S/C16H21NO5/c1-11(16(21)22)10-17(9-3-4-15(19)20)14-7-5-13(6-8-14)12(2)18/h5-8,11H,3-4,9-10H2,1-2H3,(H,19,20)(H,21,22). The van der Waals surface area contributed by atoms with Crippen molar-refractivity contribution in [1.82, 2.24) is 0 Å². The quantitative estimate of drug-likeness (QED) is 0.680. The van der Waals surface area contributed by atoms with E-state index in [0.717, 1.165) is 5.69 Å². The Hall–Kier alpha value is -2.37. The van der Waals surface area contributed by atoms with Gasteiger partial charge in [0.25, 0.3) is 0 Å². The van der Waals surface area contributed by atoms with Gasteiger partial charge in [-0.15, -0.1) is 0 Å². The normalized spacial score (nSPS) is 11.7. The van der Waals surface area contributed by atoms with Gasteiger partial charge in [-0.25, -0.2) is 0 Å². The summed E-state index contributed by atoms with van der Waals surface area (Å²) in [6, 6.07) is 6.89. The van der Waals surface area contributed by atoms with Crippen molar-refractivity contribution in [3.05, 3.63) is 29.8 Å². The van der Waals surface area contributed by atoms with Crippen molar-refractivity contribution in [2.24, 2.45) is 5.92 Å². The van der Waals surface area contributed by atoms with E-state index in [-0.39, 0.29) is 18.7 Å². The SMILES string of the molecule is CC(=O)c1ccc(N(CCCC(=O)O)CC(C)C(=O)O)cc1. The summed E-state index contributed by atoms with van der Waals surface area (Å²) in [5.74, 6) is -2.39. The van der Waals surface area contributed by atoms with E-state index in [1.165, 1.54) is 6.92 Å². The number of hydrogen-bond donors (Lipinski definition) is 2. The lowest BCUT2D eigenvalue weighted by atomic mass is 10.1. The molecule has 6 nitrogen and oxygen atoms in total. The summed E-state index contributed by atoms with van der Waals surface area (Å²) in [6.07, 6.45) is 0.458. The summed E-state index contributed by atoms with van der Waals surface area (Å²) in [6.45, 7) is 3.82. The Bertz CT molecular complexity index is 538. The maximum absolute atomic E-state index is 11.3. The number of Topliss-reactive ketones (excluding diaryl/α,β-unsaturated/α-hetero) is 1. The summed E-state index contributed by atoms with van der Waals surface area (Å²) >= 11 is 0. The van der Waals surface area contributed by atoms with Crippen molar-refractivity contribution in [2.45, 2.75) is 26.7 Å².